The van der Waals surface area contributed by atoms with Gasteiger partial charge in [0.25, 0.3) is 0 Å². The van der Waals surface area contributed by atoms with E-state index in [0.717, 1.165) is 32.1 Å². The molecular weight excluding hydrogens is 204 g/mol. The molecule has 3 nitrogen and oxygen atoms in total. The first kappa shape index (κ1) is 14.8. The minimum Gasteiger partial charge on any atom is -0.495 e. The fraction of sp³-hybridized carbons (Fsp3) is 0.615. The zero-order valence-electron chi connectivity index (χ0n) is 10.1. The zero-order chi connectivity index (χ0) is 12.2. The minimum atomic E-state index is -0.126. The highest BCUT2D eigenvalue weighted by Gasteiger charge is 2.03. The summed E-state index contributed by atoms with van der Waals surface area (Å²) < 4.78 is 9.79. The summed E-state index contributed by atoms with van der Waals surface area (Å²) in [4.78, 5) is 10.8. The fourth-order valence-corrected chi connectivity index (χ4v) is 1.44. The smallest absolute Gasteiger partial charge is 0.305 e. The number of hydrogen-bond donors (Lipinski definition) is 0. The summed E-state index contributed by atoms with van der Waals surface area (Å²) in [5.74, 6) is -0.126. The van der Waals surface area contributed by atoms with Crippen molar-refractivity contribution in [2.75, 3.05) is 7.11 Å². The Balaban J connectivity index is 3.34. The van der Waals surface area contributed by atoms with Gasteiger partial charge in [0.15, 0.2) is 0 Å². The molecule has 0 aliphatic rings. The molecule has 0 bridgehead atoms. The number of methoxy groups -OCH3 is 1. The Kier molecular flexibility index (Phi) is 9.47. The third-order valence-corrected chi connectivity index (χ3v) is 2.38. The van der Waals surface area contributed by atoms with Crippen molar-refractivity contribution in [3.05, 3.63) is 25.5 Å². The quantitative estimate of drug-likeness (QED) is 0.248. The molecule has 92 valence electrons. The Labute approximate surface area is 98.1 Å². The van der Waals surface area contributed by atoms with E-state index in [1.807, 2.05) is 0 Å². The largest absolute Gasteiger partial charge is 0.495 e. The van der Waals surface area contributed by atoms with Crippen LogP contribution in [0.25, 0.3) is 0 Å². The van der Waals surface area contributed by atoms with E-state index in [2.05, 4.69) is 17.9 Å². The van der Waals surface area contributed by atoms with Crippen LogP contribution in [0, 0.1) is 0 Å². The summed E-state index contributed by atoms with van der Waals surface area (Å²) in [5, 5.41) is 0. The van der Waals surface area contributed by atoms with Crippen LogP contribution < -0.4 is 0 Å². The lowest BCUT2D eigenvalue weighted by Crippen LogP contribution is -2.05. The van der Waals surface area contributed by atoms with Gasteiger partial charge < -0.3 is 9.47 Å². The van der Waals surface area contributed by atoms with Gasteiger partial charge in [0.2, 0.25) is 0 Å². The Morgan fingerprint density at radius 2 is 1.94 bits per heavy atom. The van der Waals surface area contributed by atoms with Gasteiger partial charge in [0, 0.05) is 6.42 Å². The van der Waals surface area contributed by atoms with Crippen LogP contribution in [-0.4, -0.2) is 19.2 Å². The van der Waals surface area contributed by atoms with E-state index in [1.165, 1.54) is 13.4 Å². The average Bonchev–Trinajstić information content (AvgIpc) is 2.31. The van der Waals surface area contributed by atoms with Gasteiger partial charge in [-0.1, -0.05) is 32.1 Å². The summed E-state index contributed by atoms with van der Waals surface area (Å²) in [7, 11) is 1.42. The molecule has 0 heterocycles. The molecule has 0 N–H and O–H groups in total. The van der Waals surface area contributed by atoms with E-state index >= 15 is 0 Å². The molecule has 0 saturated carbocycles. The van der Waals surface area contributed by atoms with Gasteiger partial charge in [0.1, 0.15) is 6.10 Å². The molecule has 0 aromatic heterocycles. The molecular formula is C13H22O3. The average molecular weight is 226 g/mol. The molecule has 16 heavy (non-hydrogen) atoms. The first-order chi connectivity index (χ1) is 7.74. The van der Waals surface area contributed by atoms with Crippen molar-refractivity contribution in [3.63, 3.8) is 0 Å². The van der Waals surface area contributed by atoms with Crippen molar-refractivity contribution in [1.82, 2.24) is 0 Å². The second kappa shape index (κ2) is 10.3. The predicted molar refractivity (Wildman–Crippen MR) is 65.0 cm³/mol. The molecule has 3 heteroatoms. The van der Waals surface area contributed by atoms with Crippen molar-refractivity contribution in [2.24, 2.45) is 0 Å². The number of hydrogen-bond acceptors (Lipinski definition) is 3. The summed E-state index contributed by atoms with van der Waals surface area (Å²) in [6.07, 6.45) is 8.89. The van der Waals surface area contributed by atoms with Gasteiger partial charge in [-0.3, -0.25) is 4.79 Å². The van der Waals surface area contributed by atoms with E-state index in [0.29, 0.717) is 6.42 Å². The molecule has 0 aromatic carbocycles. The Hall–Kier alpha value is -1.25. The van der Waals surface area contributed by atoms with Crippen LogP contribution in [0.3, 0.4) is 0 Å². The third kappa shape index (κ3) is 8.09. The molecule has 0 amide bonds. The monoisotopic (exact) mass is 226 g/mol. The highest BCUT2D eigenvalue weighted by Crippen LogP contribution is 2.10. The second-order valence-electron chi connectivity index (χ2n) is 3.61. The number of carbonyl (C=O) groups is 1. The van der Waals surface area contributed by atoms with Crippen LogP contribution in [-0.2, 0) is 14.3 Å². The fourth-order valence-electron chi connectivity index (χ4n) is 1.44. The molecule has 0 fully saturated rings. The highest BCUT2D eigenvalue weighted by molar-refractivity contribution is 5.68. The van der Waals surface area contributed by atoms with Crippen molar-refractivity contribution >= 4 is 5.97 Å². The van der Waals surface area contributed by atoms with Crippen LogP contribution >= 0.6 is 0 Å². The first-order valence-electron chi connectivity index (χ1n) is 5.70. The number of rotatable bonds is 10. The van der Waals surface area contributed by atoms with Gasteiger partial charge in [-0.2, -0.15) is 0 Å². The Morgan fingerprint density at radius 3 is 2.50 bits per heavy atom. The first-order valence-corrected chi connectivity index (χ1v) is 5.70. The van der Waals surface area contributed by atoms with E-state index in [4.69, 9.17) is 4.74 Å². The lowest BCUT2D eigenvalue weighted by atomic mass is 10.1. The van der Waals surface area contributed by atoms with Gasteiger partial charge in [-0.25, -0.2) is 0 Å². The molecule has 0 aliphatic carbocycles. The Morgan fingerprint density at radius 1 is 1.25 bits per heavy atom. The van der Waals surface area contributed by atoms with Crippen LogP contribution in [0.15, 0.2) is 25.5 Å². The number of carbonyl (C=O) groups excluding carboxylic acids is 1. The molecule has 0 radical (unpaired) electrons. The molecule has 0 rings (SSSR count). The maximum absolute atomic E-state index is 10.8. The van der Waals surface area contributed by atoms with Crippen LogP contribution in [0.2, 0.25) is 0 Å². The molecule has 0 aromatic rings. The van der Waals surface area contributed by atoms with Crippen molar-refractivity contribution in [3.8, 4) is 0 Å². The summed E-state index contributed by atoms with van der Waals surface area (Å²) >= 11 is 0. The van der Waals surface area contributed by atoms with Crippen molar-refractivity contribution < 1.29 is 14.3 Å². The molecule has 1 atom stereocenters. The summed E-state index contributed by atoms with van der Waals surface area (Å²) in [6, 6.07) is 0. The van der Waals surface area contributed by atoms with Crippen LogP contribution in [0.1, 0.15) is 38.5 Å². The minimum absolute atomic E-state index is 0.0677. The maximum atomic E-state index is 10.8. The number of unbranched alkanes of at least 4 members (excludes halogenated alkanes) is 3. The normalized spacial score (nSPS) is 11.6. The van der Waals surface area contributed by atoms with Gasteiger partial charge in [-0.05, 0) is 19.3 Å². The van der Waals surface area contributed by atoms with Gasteiger partial charge >= 0.3 is 5.97 Å². The lowest BCUT2D eigenvalue weighted by molar-refractivity contribution is -0.140. The van der Waals surface area contributed by atoms with Crippen molar-refractivity contribution in [1.29, 1.82) is 0 Å². The van der Waals surface area contributed by atoms with Crippen LogP contribution in [0.5, 0.6) is 0 Å². The van der Waals surface area contributed by atoms with E-state index in [-0.39, 0.29) is 12.1 Å². The second-order valence-corrected chi connectivity index (χ2v) is 3.61. The lowest BCUT2D eigenvalue weighted by Gasteiger charge is -2.11. The molecule has 1 unspecified atom stereocenters. The molecule has 0 aliphatic heterocycles. The topological polar surface area (TPSA) is 35.5 Å². The van der Waals surface area contributed by atoms with Gasteiger partial charge in [-0.15, -0.1) is 0 Å². The highest BCUT2D eigenvalue weighted by atomic mass is 16.5. The number of ether oxygens (including phenoxy) is 2. The van der Waals surface area contributed by atoms with E-state index in [9.17, 15) is 4.79 Å². The van der Waals surface area contributed by atoms with Crippen LogP contribution in [0.4, 0.5) is 0 Å². The van der Waals surface area contributed by atoms with Crippen molar-refractivity contribution in [2.45, 2.75) is 44.6 Å². The van der Waals surface area contributed by atoms with Gasteiger partial charge in [0.05, 0.1) is 13.4 Å². The SMILES string of the molecule is C=COC(C=C)CCCCCCC(=O)OC. The Bertz CT molecular complexity index is 211. The number of esters is 1. The summed E-state index contributed by atoms with van der Waals surface area (Å²) in [6.45, 7) is 7.21. The zero-order valence-corrected chi connectivity index (χ0v) is 10.1. The molecule has 0 saturated heterocycles. The molecule has 0 spiro atoms. The van der Waals surface area contributed by atoms with E-state index in [1.54, 1.807) is 6.08 Å². The third-order valence-electron chi connectivity index (χ3n) is 2.38. The van der Waals surface area contributed by atoms with E-state index < -0.39 is 0 Å². The summed E-state index contributed by atoms with van der Waals surface area (Å²) in [5.41, 5.74) is 0. The standard InChI is InChI=1S/C13H22O3/c1-4-12(16-5-2)10-8-6-7-9-11-13(14)15-3/h4-5,12H,1-2,6-11H2,3H3. The maximum Gasteiger partial charge on any atom is 0.305 e. The predicted octanol–water partition coefficient (Wildman–Crippen LogP) is 3.21.